The molecule has 1 nitrogen and oxygen atoms in total. The Balaban J connectivity index is 2.94. The van der Waals surface area contributed by atoms with Crippen molar-refractivity contribution in [1.29, 1.82) is 5.26 Å². The fourth-order valence-electron chi connectivity index (χ4n) is 1.15. The van der Waals surface area contributed by atoms with E-state index in [2.05, 4.69) is 50.7 Å². The van der Waals surface area contributed by atoms with Gasteiger partial charge in [-0.25, -0.2) is 0 Å². The van der Waals surface area contributed by atoms with E-state index in [4.69, 9.17) is 5.26 Å². The number of benzene rings is 1. The van der Waals surface area contributed by atoms with Crippen LogP contribution in [-0.2, 0) is 0 Å². The first-order valence-electron chi connectivity index (χ1n) is 3.50. The summed E-state index contributed by atoms with van der Waals surface area (Å²) in [5.74, 6) is 0. The summed E-state index contributed by atoms with van der Waals surface area (Å²) in [6.45, 7) is 0. The molecule has 0 atom stereocenters. The maximum atomic E-state index is 8.87. The number of hydrogen-bond acceptors (Lipinski definition) is 2. The van der Waals surface area contributed by atoms with Crippen LogP contribution in [0.2, 0.25) is 0 Å². The lowest BCUT2D eigenvalue weighted by atomic mass is 10.2. The molecule has 0 unspecified atom stereocenters. The Hall–Kier alpha value is -0.120. The molecule has 1 aromatic heterocycles. The fourth-order valence-corrected chi connectivity index (χ4v) is 3.57. The minimum absolute atomic E-state index is 0.756. The van der Waals surface area contributed by atoms with Gasteiger partial charge in [-0.3, -0.25) is 0 Å². The van der Waals surface area contributed by atoms with Crippen LogP contribution in [0, 0.1) is 14.2 Å². The van der Waals surface area contributed by atoms with Crippen molar-refractivity contribution in [2.24, 2.45) is 0 Å². The van der Waals surface area contributed by atoms with Crippen LogP contribution in [0.5, 0.6) is 0 Å². The highest BCUT2D eigenvalue weighted by Gasteiger charge is 2.07. The van der Waals surface area contributed by atoms with E-state index in [1.165, 1.54) is 2.88 Å². The van der Waals surface area contributed by atoms with E-state index in [1.54, 1.807) is 11.3 Å². The molecule has 0 fully saturated rings. The van der Waals surface area contributed by atoms with Gasteiger partial charge in [0.1, 0.15) is 6.07 Å². The molecule has 0 saturated carbocycles. The van der Waals surface area contributed by atoms with Crippen LogP contribution in [0.15, 0.2) is 22.7 Å². The maximum absolute atomic E-state index is 8.87. The van der Waals surface area contributed by atoms with Crippen molar-refractivity contribution in [3.63, 3.8) is 0 Å². The molecule has 0 amide bonds. The third-order valence-electron chi connectivity index (χ3n) is 1.72. The van der Waals surface area contributed by atoms with Crippen LogP contribution in [0.3, 0.4) is 0 Å². The van der Waals surface area contributed by atoms with Gasteiger partial charge >= 0.3 is 0 Å². The maximum Gasteiger partial charge on any atom is 0.101 e. The highest BCUT2D eigenvalue weighted by Crippen LogP contribution is 2.34. The Morgan fingerprint density at radius 1 is 1.46 bits per heavy atom. The molecule has 2 aromatic rings. The summed E-state index contributed by atoms with van der Waals surface area (Å²) < 4.78 is 3.33. The first-order chi connectivity index (χ1) is 6.22. The predicted molar refractivity (Wildman–Crippen MR) is 67.0 cm³/mol. The molecule has 64 valence electrons. The van der Waals surface area contributed by atoms with E-state index >= 15 is 0 Å². The number of hydrogen-bond donors (Lipinski definition) is 0. The van der Waals surface area contributed by atoms with Crippen molar-refractivity contribution < 1.29 is 0 Å². The van der Waals surface area contributed by atoms with Gasteiger partial charge < -0.3 is 0 Å². The Bertz CT molecular complexity index is 512. The van der Waals surface area contributed by atoms with Gasteiger partial charge in [0.05, 0.1) is 13.1 Å². The zero-order valence-electron chi connectivity index (χ0n) is 6.34. The SMILES string of the molecule is N#Cc1ccc(Br)c2cc(I)sc12. The molecule has 0 aliphatic carbocycles. The summed E-state index contributed by atoms with van der Waals surface area (Å²) in [6, 6.07) is 8.05. The lowest BCUT2D eigenvalue weighted by Gasteiger charge is -1.94. The molecule has 0 saturated heterocycles. The molecule has 0 N–H and O–H groups in total. The number of rotatable bonds is 0. The average molecular weight is 364 g/mol. The summed E-state index contributed by atoms with van der Waals surface area (Å²) in [5.41, 5.74) is 0.756. The monoisotopic (exact) mass is 363 g/mol. The van der Waals surface area contributed by atoms with E-state index < -0.39 is 0 Å². The standard InChI is InChI=1S/C9H3BrINS/c10-7-2-1-5(4-12)9-6(7)3-8(11)13-9/h1-3H. The van der Waals surface area contributed by atoms with Crippen molar-refractivity contribution in [1.82, 2.24) is 0 Å². The number of thiophene rings is 1. The second kappa shape index (κ2) is 3.56. The van der Waals surface area contributed by atoms with Crippen LogP contribution in [0.1, 0.15) is 5.56 Å². The van der Waals surface area contributed by atoms with Gasteiger partial charge in [-0.15, -0.1) is 11.3 Å². The van der Waals surface area contributed by atoms with E-state index in [1.807, 2.05) is 12.1 Å². The molecule has 1 heterocycles. The average Bonchev–Trinajstić information content (AvgIpc) is 2.48. The van der Waals surface area contributed by atoms with Gasteiger partial charge in [0.25, 0.3) is 0 Å². The van der Waals surface area contributed by atoms with Gasteiger partial charge in [0.15, 0.2) is 0 Å². The Kier molecular flexibility index (Phi) is 2.58. The second-order valence-electron chi connectivity index (χ2n) is 2.50. The number of nitriles is 1. The first kappa shape index (κ1) is 9.44. The van der Waals surface area contributed by atoms with Crippen molar-refractivity contribution >= 4 is 59.9 Å². The number of fused-ring (bicyclic) bond motifs is 1. The van der Waals surface area contributed by atoms with E-state index in [9.17, 15) is 0 Å². The molecule has 4 heteroatoms. The smallest absolute Gasteiger partial charge is 0.101 e. The topological polar surface area (TPSA) is 23.8 Å². The summed E-state index contributed by atoms with van der Waals surface area (Å²) >= 11 is 7.39. The number of halogens is 2. The fraction of sp³-hybridized carbons (Fsp3) is 0. The van der Waals surface area contributed by atoms with Gasteiger partial charge in [-0.2, -0.15) is 5.26 Å². The molecular weight excluding hydrogens is 361 g/mol. The molecule has 0 aliphatic heterocycles. The minimum atomic E-state index is 0.756. The zero-order valence-corrected chi connectivity index (χ0v) is 10.9. The third-order valence-corrected chi connectivity index (χ3v) is 4.34. The summed E-state index contributed by atoms with van der Waals surface area (Å²) in [6.07, 6.45) is 0. The Morgan fingerprint density at radius 3 is 2.92 bits per heavy atom. The van der Waals surface area contributed by atoms with E-state index in [0.29, 0.717) is 0 Å². The second-order valence-corrected chi connectivity index (χ2v) is 6.30. The van der Waals surface area contributed by atoms with Crippen LogP contribution >= 0.6 is 49.9 Å². The zero-order chi connectivity index (χ0) is 9.42. The normalized spacial score (nSPS) is 10.2. The molecule has 0 radical (unpaired) electrons. The number of nitrogens with zero attached hydrogens (tertiary/aromatic N) is 1. The molecular formula is C9H3BrINS. The molecule has 0 aliphatic rings. The van der Waals surface area contributed by atoms with Gasteiger partial charge in [-0.05, 0) is 40.8 Å². The predicted octanol–water partition coefficient (Wildman–Crippen LogP) is 4.14. The van der Waals surface area contributed by atoms with Crippen LogP contribution in [0.4, 0.5) is 0 Å². The van der Waals surface area contributed by atoms with Crippen LogP contribution in [-0.4, -0.2) is 0 Å². The molecule has 2 rings (SSSR count). The van der Waals surface area contributed by atoms with Crippen LogP contribution in [0.25, 0.3) is 10.1 Å². The Labute approximate surface area is 102 Å². The highest BCUT2D eigenvalue weighted by atomic mass is 127. The first-order valence-corrected chi connectivity index (χ1v) is 6.19. The van der Waals surface area contributed by atoms with E-state index in [-0.39, 0.29) is 0 Å². The lowest BCUT2D eigenvalue weighted by molar-refractivity contribution is 1.51. The minimum Gasteiger partial charge on any atom is -0.192 e. The molecule has 0 bridgehead atoms. The summed E-state index contributed by atoms with van der Waals surface area (Å²) in [4.78, 5) is 0. The van der Waals surface area contributed by atoms with Gasteiger partial charge in [0, 0.05) is 9.86 Å². The summed E-state index contributed by atoms with van der Waals surface area (Å²) in [5, 5.41) is 10.0. The molecule has 13 heavy (non-hydrogen) atoms. The third kappa shape index (κ3) is 1.60. The van der Waals surface area contributed by atoms with Crippen LogP contribution < -0.4 is 0 Å². The van der Waals surface area contributed by atoms with Crippen molar-refractivity contribution in [2.45, 2.75) is 0 Å². The molecule has 0 spiro atoms. The summed E-state index contributed by atoms with van der Waals surface area (Å²) in [7, 11) is 0. The largest absolute Gasteiger partial charge is 0.192 e. The van der Waals surface area contributed by atoms with E-state index in [0.717, 1.165) is 20.1 Å². The lowest BCUT2D eigenvalue weighted by Crippen LogP contribution is -1.74. The van der Waals surface area contributed by atoms with Crippen molar-refractivity contribution in [3.8, 4) is 6.07 Å². The van der Waals surface area contributed by atoms with Crippen molar-refractivity contribution in [3.05, 3.63) is 31.1 Å². The Morgan fingerprint density at radius 2 is 2.23 bits per heavy atom. The van der Waals surface area contributed by atoms with Gasteiger partial charge in [-0.1, -0.05) is 15.9 Å². The highest BCUT2D eigenvalue weighted by molar-refractivity contribution is 14.1. The van der Waals surface area contributed by atoms with Gasteiger partial charge in [0.2, 0.25) is 0 Å². The quantitative estimate of drug-likeness (QED) is 0.645. The van der Waals surface area contributed by atoms with Crippen molar-refractivity contribution in [2.75, 3.05) is 0 Å². The molecule has 1 aromatic carbocycles.